The second kappa shape index (κ2) is 34.5. The fourth-order valence-electron chi connectivity index (χ4n) is 11.5. The number of hydrogen-bond donors (Lipinski definition) is 1. The minimum Gasteiger partial charge on any atom is -0.478 e. The van der Waals surface area contributed by atoms with Crippen molar-refractivity contribution in [2.24, 2.45) is 0 Å². The van der Waals surface area contributed by atoms with E-state index in [1.54, 1.807) is 176 Å². The van der Waals surface area contributed by atoms with Crippen LogP contribution in [0, 0.1) is 11.6 Å². The van der Waals surface area contributed by atoms with Gasteiger partial charge in [-0.3, -0.25) is 19.2 Å². The Labute approximate surface area is 614 Å². The molecule has 107 heavy (non-hydrogen) atoms. The van der Waals surface area contributed by atoms with E-state index < -0.39 is 53.8 Å². The van der Waals surface area contributed by atoms with Crippen molar-refractivity contribution < 1.29 is 85.4 Å². The molecule has 15 rings (SSSR count). The summed E-state index contributed by atoms with van der Waals surface area (Å²) in [5.41, 5.74) is 5.53. The first-order valence-corrected chi connectivity index (χ1v) is 33.6. The number of aromatic carboxylic acids is 1. The highest BCUT2D eigenvalue weighted by Crippen LogP contribution is 2.39. The maximum atomic E-state index is 13.9. The summed E-state index contributed by atoms with van der Waals surface area (Å²) in [7, 11) is 0. The van der Waals surface area contributed by atoms with E-state index in [0.29, 0.717) is 79.3 Å². The van der Waals surface area contributed by atoms with E-state index in [0.717, 1.165) is 23.3 Å². The van der Waals surface area contributed by atoms with Gasteiger partial charge in [0, 0.05) is 59.0 Å². The van der Waals surface area contributed by atoms with Crippen molar-refractivity contribution in [3.05, 3.63) is 357 Å². The highest BCUT2D eigenvalue weighted by molar-refractivity contribution is 6.30. The molecule has 3 aliphatic rings. The van der Waals surface area contributed by atoms with Gasteiger partial charge in [-0.2, -0.15) is 0 Å². The minimum atomic E-state index is -0.998. The topological polar surface area (TPSA) is 273 Å². The summed E-state index contributed by atoms with van der Waals surface area (Å²) >= 11 is 5.97. The maximum absolute atomic E-state index is 13.9. The molecule has 532 valence electrons. The number of fused-ring (bicyclic) bond motifs is 3. The molecule has 3 aliphatic heterocycles. The molecule has 0 saturated carbocycles. The monoisotopic (exact) mass is 1450 g/mol. The number of Topliss-reactive ketones (excluding diaryl/α,β-unsaturated/α-hetero) is 4. The van der Waals surface area contributed by atoms with Crippen LogP contribution >= 0.6 is 11.6 Å². The summed E-state index contributed by atoms with van der Waals surface area (Å²) in [5, 5.41) is 9.76. The highest BCUT2D eigenvalue weighted by Gasteiger charge is 2.36. The van der Waals surface area contributed by atoms with Crippen LogP contribution in [-0.4, -0.2) is 72.1 Å². The lowest BCUT2D eigenvalue weighted by Gasteiger charge is -2.12. The number of carbonyl (C=O) groups excluding carboxylic acids is 7. The van der Waals surface area contributed by atoms with Gasteiger partial charge in [-0.05, 0) is 139 Å². The van der Waals surface area contributed by atoms with Crippen molar-refractivity contribution in [3.8, 4) is 46.5 Å². The molecule has 0 fully saturated rings. The SMILES string of the molecule is O=C(O)c1ccccc1CCC(=O)c1cccnc1Oc1ccccc1.O=C1OC(CC(=O)c2cccnc2Oc2ccc(F)cc2F)c2ccccc21.O=C1OC(CC(=O)c2cccnc2Oc2cccc(Cl)c2)c2ccccc21.O=C1OC(CC(=O)c2cccnc2Oc2ccccc2)c2ccccc21. The van der Waals surface area contributed by atoms with Gasteiger partial charge in [0.25, 0.3) is 0 Å². The number of carboxylic acids is 1. The van der Waals surface area contributed by atoms with E-state index in [9.17, 15) is 52.2 Å². The van der Waals surface area contributed by atoms with E-state index >= 15 is 0 Å². The van der Waals surface area contributed by atoms with Crippen LogP contribution < -0.4 is 18.9 Å². The quantitative estimate of drug-likeness (QED) is 0.0375. The Hall–Kier alpha value is -13.7. The second-order valence-electron chi connectivity index (χ2n) is 23.7. The fraction of sp³-hybridized carbons (Fsp3) is 0.0952. The Morgan fingerprint density at radius 3 is 1.17 bits per heavy atom. The predicted molar refractivity (Wildman–Crippen MR) is 385 cm³/mol. The summed E-state index contributed by atoms with van der Waals surface area (Å²) < 4.78 is 65.5. The molecule has 0 aliphatic carbocycles. The van der Waals surface area contributed by atoms with Crippen LogP contribution in [0.25, 0.3) is 0 Å². The zero-order valence-electron chi connectivity index (χ0n) is 56.2. The number of benzene rings is 8. The van der Waals surface area contributed by atoms with Crippen molar-refractivity contribution in [1.29, 1.82) is 0 Å². The number of carboxylic acid groups (broad SMARTS) is 1. The third kappa shape index (κ3) is 18.4. The fourth-order valence-corrected chi connectivity index (χ4v) is 11.7. The van der Waals surface area contributed by atoms with Gasteiger partial charge in [0.1, 0.15) is 41.4 Å². The number of rotatable bonds is 22. The number of hydrogen-bond acceptors (Lipinski definition) is 19. The number of aromatic nitrogens is 4. The van der Waals surface area contributed by atoms with Gasteiger partial charge in [0.2, 0.25) is 23.5 Å². The minimum absolute atomic E-state index is 0.0142. The molecular formula is C84H59ClF2N4O16. The average Bonchev–Trinajstić information content (AvgIpc) is 1.72. The van der Waals surface area contributed by atoms with Gasteiger partial charge in [0.15, 0.2) is 34.7 Å². The zero-order valence-corrected chi connectivity index (χ0v) is 57.0. The zero-order chi connectivity index (χ0) is 74.8. The number of para-hydroxylation sites is 2. The summed E-state index contributed by atoms with van der Waals surface area (Å²) in [4.78, 5) is 115. The summed E-state index contributed by atoms with van der Waals surface area (Å²) in [6, 6.07) is 68.6. The number of pyridine rings is 4. The molecule has 0 saturated heterocycles. The molecule has 7 heterocycles. The van der Waals surface area contributed by atoms with Gasteiger partial charge in [-0.1, -0.05) is 127 Å². The third-order valence-electron chi connectivity index (χ3n) is 16.6. The van der Waals surface area contributed by atoms with E-state index in [1.807, 2.05) is 54.6 Å². The first-order chi connectivity index (χ1) is 52.0. The molecule has 8 aromatic carbocycles. The number of aryl methyl sites for hydroxylation is 1. The van der Waals surface area contributed by atoms with Crippen LogP contribution in [0.4, 0.5) is 8.78 Å². The first-order valence-electron chi connectivity index (χ1n) is 33.2. The van der Waals surface area contributed by atoms with Crippen LogP contribution in [0.1, 0.15) is 149 Å². The number of ether oxygens (including phenoxy) is 7. The van der Waals surface area contributed by atoms with Crippen LogP contribution in [0.3, 0.4) is 0 Å². The molecule has 0 bridgehead atoms. The molecule has 1 N–H and O–H groups in total. The van der Waals surface area contributed by atoms with Gasteiger partial charge < -0.3 is 38.3 Å². The van der Waals surface area contributed by atoms with Gasteiger partial charge in [-0.15, -0.1) is 0 Å². The van der Waals surface area contributed by atoms with Gasteiger partial charge in [-0.25, -0.2) is 47.9 Å². The molecule has 0 amide bonds. The summed E-state index contributed by atoms with van der Waals surface area (Å²) in [5.74, 6) is -2.95. The van der Waals surface area contributed by atoms with E-state index in [1.165, 1.54) is 24.4 Å². The highest BCUT2D eigenvalue weighted by atomic mass is 35.5. The lowest BCUT2D eigenvalue weighted by molar-refractivity contribution is 0.0353. The molecular weight excluding hydrogens is 1390 g/mol. The molecule has 20 nitrogen and oxygen atoms in total. The maximum Gasteiger partial charge on any atom is 0.339 e. The van der Waals surface area contributed by atoms with E-state index in [4.69, 9.17) is 44.8 Å². The third-order valence-corrected chi connectivity index (χ3v) is 16.9. The summed E-state index contributed by atoms with van der Waals surface area (Å²) in [6.07, 6.45) is 4.59. The van der Waals surface area contributed by atoms with Crippen molar-refractivity contribution in [3.63, 3.8) is 0 Å². The normalized spacial score (nSPS) is 14.0. The Balaban J connectivity index is 0.000000134. The Morgan fingerprint density at radius 2 is 0.748 bits per heavy atom. The number of cyclic esters (lactones) is 3. The summed E-state index contributed by atoms with van der Waals surface area (Å²) in [6.45, 7) is 0. The number of esters is 3. The van der Waals surface area contributed by atoms with Crippen molar-refractivity contribution in [2.75, 3.05) is 0 Å². The van der Waals surface area contributed by atoms with Crippen LogP contribution in [0.5, 0.6) is 46.5 Å². The molecule has 0 spiro atoms. The Kier molecular flexibility index (Phi) is 23.5. The molecule has 3 atom stereocenters. The number of nitrogens with zero attached hydrogens (tertiary/aromatic N) is 4. The van der Waals surface area contributed by atoms with Crippen LogP contribution in [-0.2, 0) is 20.6 Å². The molecule has 4 aromatic heterocycles. The van der Waals surface area contributed by atoms with Crippen molar-refractivity contribution in [2.45, 2.75) is 50.4 Å². The van der Waals surface area contributed by atoms with E-state index in [2.05, 4.69) is 19.9 Å². The lowest BCUT2D eigenvalue weighted by Crippen LogP contribution is -2.09. The first kappa shape index (κ1) is 73.0. The average molecular weight is 1450 g/mol. The van der Waals surface area contributed by atoms with Gasteiger partial charge in [0.05, 0.1) is 63.8 Å². The van der Waals surface area contributed by atoms with Gasteiger partial charge >= 0.3 is 23.9 Å². The Bertz CT molecular complexity index is 5320. The predicted octanol–water partition coefficient (Wildman–Crippen LogP) is 18.4. The number of carbonyl (C=O) groups is 8. The molecule has 0 radical (unpaired) electrons. The standard InChI is InChI=1S/C21H14ClNO4.C21H13F2NO4.C21H15NO4.C21H17NO4/c22-13-5-3-6-14(11-13)26-20-17(9-4-10-23-20)18(24)12-19-15-7-1-2-8-16(15)21(25)27-19;22-12-7-8-18(16(23)10-12)27-20-15(6-3-9-24-20)17(25)11-19-13-4-1-2-5-14(13)21(26)28-19;23-18(13-19-15-9-4-5-10-16(15)21(24)26-19)17-11-6-12-22-20(17)25-14-7-2-1-3-8-14;23-19(13-12-15-7-4-5-10-17(15)21(24)25)18-11-6-14-22-20(18)26-16-8-2-1-3-9-16/h1-11,19H,12H2;1-10,19H,11H2;1-12,19H,13H2;1-11,14H,12-13H2,(H,24,25). The molecule has 23 heteroatoms. The largest absolute Gasteiger partial charge is 0.478 e. The van der Waals surface area contributed by atoms with E-state index in [-0.39, 0.29) is 89.2 Å². The van der Waals surface area contributed by atoms with Crippen molar-refractivity contribution >= 4 is 58.6 Å². The number of halogens is 3. The molecule has 12 aromatic rings. The molecule has 3 unspecified atom stereocenters. The Morgan fingerprint density at radius 1 is 0.383 bits per heavy atom. The number of ketones is 4. The lowest BCUT2D eigenvalue weighted by atomic mass is 9.99. The van der Waals surface area contributed by atoms with Crippen LogP contribution in [0.2, 0.25) is 5.02 Å². The second-order valence-corrected chi connectivity index (χ2v) is 24.1. The van der Waals surface area contributed by atoms with Crippen molar-refractivity contribution in [1.82, 2.24) is 19.9 Å². The smallest absolute Gasteiger partial charge is 0.339 e. The van der Waals surface area contributed by atoms with Crippen LogP contribution in [0.15, 0.2) is 274 Å².